The fraction of sp³-hybridized carbons (Fsp3) is 0.360. The van der Waals surface area contributed by atoms with Crippen LogP contribution in [0.1, 0.15) is 12.0 Å². The van der Waals surface area contributed by atoms with Gasteiger partial charge < -0.3 is 9.47 Å². The number of hydrogen-bond donors (Lipinski definition) is 0. The van der Waals surface area contributed by atoms with Gasteiger partial charge in [0.2, 0.25) is 5.91 Å². The Bertz CT molecular complexity index is 1050. The largest absolute Gasteiger partial charge is 0.497 e. The second-order valence-electron chi connectivity index (χ2n) is 7.86. The van der Waals surface area contributed by atoms with E-state index in [4.69, 9.17) is 26.1 Å². The Labute approximate surface area is 203 Å². The molecule has 3 aromatic rings. The van der Waals surface area contributed by atoms with Gasteiger partial charge in [-0.25, -0.2) is 4.98 Å². The maximum atomic E-state index is 13.4. The minimum atomic E-state index is 0.000656. The Morgan fingerprint density at radius 3 is 2.67 bits per heavy atom. The number of thiazole rings is 1. The topological polar surface area (TPSA) is 54.9 Å². The second kappa shape index (κ2) is 11.6. The van der Waals surface area contributed by atoms with Crippen molar-refractivity contribution in [2.45, 2.75) is 12.8 Å². The van der Waals surface area contributed by atoms with E-state index in [9.17, 15) is 4.79 Å². The third-order valence-corrected chi connectivity index (χ3v) is 6.90. The number of carbonyl (C=O) groups is 1. The number of hydrogen-bond acceptors (Lipinski definition) is 6. The monoisotopic (exact) mass is 485 g/mol. The van der Waals surface area contributed by atoms with E-state index < -0.39 is 0 Å². The summed E-state index contributed by atoms with van der Waals surface area (Å²) in [5, 5.41) is 3.31. The van der Waals surface area contributed by atoms with Gasteiger partial charge in [-0.05, 0) is 42.3 Å². The van der Waals surface area contributed by atoms with Crippen molar-refractivity contribution in [3.05, 3.63) is 64.5 Å². The van der Waals surface area contributed by atoms with E-state index >= 15 is 0 Å². The summed E-state index contributed by atoms with van der Waals surface area (Å²) in [7, 11) is 1.65. The van der Waals surface area contributed by atoms with Crippen LogP contribution in [-0.4, -0.2) is 62.3 Å². The number of aromatic nitrogens is 1. The number of halogens is 1. The first-order valence-corrected chi connectivity index (χ1v) is 12.3. The zero-order valence-corrected chi connectivity index (χ0v) is 20.3. The fourth-order valence-electron chi connectivity index (χ4n) is 3.79. The van der Waals surface area contributed by atoms with E-state index in [1.165, 1.54) is 11.3 Å². The smallest absolute Gasteiger partial charge is 0.233 e. The van der Waals surface area contributed by atoms with Gasteiger partial charge in [-0.3, -0.25) is 14.6 Å². The maximum Gasteiger partial charge on any atom is 0.233 e. The third kappa shape index (κ3) is 6.32. The van der Waals surface area contributed by atoms with Gasteiger partial charge >= 0.3 is 0 Å². The quantitative estimate of drug-likeness (QED) is 0.437. The van der Waals surface area contributed by atoms with Crippen molar-refractivity contribution >= 4 is 34.0 Å². The molecule has 2 aromatic carbocycles. The van der Waals surface area contributed by atoms with Gasteiger partial charge in [-0.2, -0.15) is 0 Å². The van der Waals surface area contributed by atoms with Crippen LogP contribution < -0.4 is 9.64 Å². The lowest BCUT2D eigenvalue weighted by molar-refractivity contribution is -0.118. The number of benzene rings is 2. The van der Waals surface area contributed by atoms with Crippen molar-refractivity contribution in [3.8, 4) is 17.0 Å². The third-order valence-electron chi connectivity index (χ3n) is 5.67. The number of amides is 1. The van der Waals surface area contributed by atoms with Gasteiger partial charge in [0.05, 0.1) is 32.4 Å². The first kappa shape index (κ1) is 23.7. The second-order valence-corrected chi connectivity index (χ2v) is 9.11. The first-order valence-electron chi connectivity index (χ1n) is 11.1. The van der Waals surface area contributed by atoms with Gasteiger partial charge in [-0.1, -0.05) is 29.8 Å². The first-order chi connectivity index (χ1) is 16.1. The number of morpholine rings is 1. The molecular weight excluding hydrogens is 458 g/mol. The summed E-state index contributed by atoms with van der Waals surface area (Å²) in [6.07, 6.45) is 1.11. The zero-order chi connectivity index (χ0) is 23.0. The van der Waals surface area contributed by atoms with E-state index in [0.29, 0.717) is 16.7 Å². The summed E-state index contributed by atoms with van der Waals surface area (Å²) in [6.45, 7) is 4.95. The molecule has 0 saturated carbocycles. The molecule has 1 saturated heterocycles. The molecule has 0 bridgehead atoms. The van der Waals surface area contributed by atoms with E-state index in [1.807, 2.05) is 58.8 Å². The van der Waals surface area contributed by atoms with E-state index in [1.54, 1.807) is 7.11 Å². The molecule has 0 N–H and O–H groups in total. The number of ether oxygens (including phenoxy) is 2. The van der Waals surface area contributed by atoms with Crippen LogP contribution in [0, 0.1) is 0 Å². The normalized spacial score (nSPS) is 14.2. The SMILES string of the molecule is COc1ccc(-c2csc(N(CCCN3CCOCC3)C(=O)Cc3ccccc3Cl)n2)cc1. The molecule has 1 fully saturated rings. The molecule has 0 spiro atoms. The van der Waals surface area contributed by atoms with Crippen LogP contribution in [0.15, 0.2) is 53.9 Å². The highest BCUT2D eigenvalue weighted by Gasteiger charge is 2.21. The van der Waals surface area contributed by atoms with Crippen LogP contribution in [0.2, 0.25) is 5.02 Å². The molecule has 0 radical (unpaired) electrons. The Morgan fingerprint density at radius 2 is 1.94 bits per heavy atom. The van der Waals surface area contributed by atoms with Crippen LogP contribution in [0.3, 0.4) is 0 Å². The summed E-state index contributed by atoms with van der Waals surface area (Å²) >= 11 is 7.81. The van der Waals surface area contributed by atoms with Crippen molar-refractivity contribution in [2.75, 3.05) is 51.4 Å². The van der Waals surface area contributed by atoms with Gasteiger partial charge in [0, 0.05) is 42.1 Å². The maximum absolute atomic E-state index is 13.4. The minimum absolute atomic E-state index is 0.000656. The molecule has 0 aliphatic carbocycles. The van der Waals surface area contributed by atoms with E-state index in [-0.39, 0.29) is 12.3 Å². The van der Waals surface area contributed by atoms with Gasteiger partial charge in [-0.15, -0.1) is 11.3 Å². The summed E-state index contributed by atoms with van der Waals surface area (Å²) in [5.74, 6) is 0.801. The zero-order valence-electron chi connectivity index (χ0n) is 18.7. The minimum Gasteiger partial charge on any atom is -0.497 e. The predicted octanol–water partition coefficient (Wildman–Crippen LogP) is 4.77. The molecule has 33 heavy (non-hydrogen) atoms. The van der Waals surface area contributed by atoms with Crippen molar-refractivity contribution in [3.63, 3.8) is 0 Å². The van der Waals surface area contributed by atoms with Crippen LogP contribution in [0.5, 0.6) is 5.75 Å². The molecule has 2 heterocycles. The van der Waals surface area contributed by atoms with Crippen LogP contribution in [0.25, 0.3) is 11.3 Å². The lowest BCUT2D eigenvalue weighted by Gasteiger charge is -2.27. The summed E-state index contributed by atoms with van der Waals surface area (Å²) in [6, 6.07) is 15.3. The lowest BCUT2D eigenvalue weighted by Crippen LogP contribution is -2.39. The van der Waals surface area contributed by atoms with Crippen molar-refractivity contribution < 1.29 is 14.3 Å². The standard InChI is InChI=1S/C25H28ClN3O3S/c1-31-21-9-7-19(8-10-21)23-18-33-25(27-23)29(12-4-11-28-13-15-32-16-14-28)24(30)17-20-5-2-3-6-22(20)26/h2-3,5-10,18H,4,11-17H2,1H3. The Hall–Kier alpha value is -2.45. The van der Waals surface area contributed by atoms with Crippen molar-refractivity contribution in [1.29, 1.82) is 0 Å². The number of methoxy groups -OCH3 is 1. The predicted molar refractivity (Wildman–Crippen MR) is 133 cm³/mol. The highest BCUT2D eigenvalue weighted by atomic mass is 35.5. The number of anilines is 1. The lowest BCUT2D eigenvalue weighted by atomic mass is 10.1. The molecule has 8 heteroatoms. The molecule has 0 atom stereocenters. The Kier molecular flexibility index (Phi) is 8.34. The Morgan fingerprint density at radius 1 is 1.18 bits per heavy atom. The molecule has 174 valence electrons. The fourth-order valence-corrected chi connectivity index (χ4v) is 4.87. The van der Waals surface area contributed by atoms with Gasteiger partial charge in [0.25, 0.3) is 0 Å². The van der Waals surface area contributed by atoms with E-state index in [0.717, 1.165) is 61.8 Å². The number of nitrogens with zero attached hydrogens (tertiary/aromatic N) is 3. The highest BCUT2D eigenvalue weighted by Crippen LogP contribution is 2.29. The molecule has 6 nitrogen and oxygen atoms in total. The summed E-state index contributed by atoms with van der Waals surface area (Å²) in [4.78, 5) is 22.4. The summed E-state index contributed by atoms with van der Waals surface area (Å²) < 4.78 is 10.7. The number of carbonyl (C=O) groups excluding carboxylic acids is 1. The molecule has 1 aliphatic rings. The highest BCUT2D eigenvalue weighted by molar-refractivity contribution is 7.14. The number of rotatable bonds is 9. The molecule has 1 aliphatic heterocycles. The van der Waals surface area contributed by atoms with E-state index in [2.05, 4.69) is 4.90 Å². The van der Waals surface area contributed by atoms with Crippen LogP contribution in [0.4, 0.5) is 5.13 Å². The average molecular weight is 486 g/mol. The molecular formula is C25H28ClN3O3S. The van der Waals surface area contributed by atoms with Gasteiger partial charge in [0.1, 0.15) is 5.75 Å². The van der Waals surface area contributed by atoms with Gasteiger partial charge in [0.15, 0.2) is 5.13 Å². The Balaban J connectivity index is 1.50. The summed E-state index contributed by atoms with van der Waals surface area (Å²) in [5.41, 5.74) is 2.67. The van der Waals surface area contributed by atoms with Crippen molar-refractivity contribution in [1.82, 2.24) is 9.88 Å². The average Bonchev–Trinajstić information content (AvgIpc) is 3.34. The van der Waals surface area contributed by atoms with Crippen molar-refractivity contribution in [2.24, 2.45) is 0 Å². The molecule has 0 unspecified atom stereocenters. The molecule has 1 amide bonds. The molecule has 1 aromatic heterocycles. The van der Waals surface area contributed by atoms with Crippen LogP contribution >= 0.6 is 22.9 Å². The molecule has 4 rings (SSSR count). The van der Waals surface area contributed by atoms with Crippen LogP contribution in [-0.2, 0) is 16.0 Å².